The number of nitrogens with zero attached hydrogens (tertiary/aromatic N) is 2. The van der Waals surface area contributed by atoms with Gasteiger partial charge in [0, 0.05) is 21.8 Å². The van der Waals surface area contributed by atoms with Gasteiger partial charge in [0.25, 0.3) is 5.91 Å². The van der Waals surface area contributed by atoms with Crippen LogP contribution in [0.4, 0.5) is 5.69 Å². The predicted molar refractivity (Wildman–Crippen MR) is 76.5 cm³/mol. The highest BCUT2D eigenvalue weighted by Gasteiger charge is 2.13. The number of pyridine rings is 1. The topological polar surface area (TPSA) is 59.2 Å². The third-order valence-corrected chi connectivity index (χ3v) is 4.05. The number of carbonyl (C=O) groups is 1. The first-order chi connectivity index (χ1) is 8.56. The minimum Gasteiger partial charge on any atom is -0.397 e. The Morgan fingerprint density at radius 3 is 2.89 bits per heavy atom. The van der Waals surface area contributed by atoms with Crippen molar-refractivity contribution in [3.63, 3.8) is 0 Å². The number of halogens is 1. The molecule has 6 heteroatoms. The third kappa shape index (κ3) is 3.08. The summed E-state index contributed by atoms with van der Waals surface area (Å²) in [4.78, 5) is 18.9. The van der Waals surface area contributed by atoms with Crippen molar-refractivity contribution in [2.75, 3.05) is 12.8 Å². The van der Waals surface area contributed by atoms with Gasteiger partial charge in [0.05, 0.1) is 18.4 Å². The van der Waals surface area contributed by atoms with Crippen LogP contribution in [-0.4, -0.2) is 22.8 Å². The van der Waals surface area contributed by atoms with E-state index in [9.17, 15) is 4.79 Å². The Morgan fingerprint density at radius 2 is 2.33 bits per heavy atom. The lowest BCUT2D eigenvalue weighted by Gasteiger charge is -2.15. The Labute approximate surface area is 118 Å². The minimum absolute atomic E-state index is 0.112. The van der Waals surface area contributed by atoms with Crippen LogP contribution in [0.5, 0.6) is 0 Å². The number of hydrogen-bond acceptors (Lipinski definition) is 4. The number of nitrogens with two attached hydrogens (primary N) is 1. The number of anilines is 1. The van der Waals surface area contributed by atoms with Crippen molar-refractivity contribution in [3.8, 4) is 0 Å². The molecule has 2 rings (SSSR count). The molecule has 0 atom stereocenters. The van der Waals surface area contributed by atoms with Crippen LogP contribution >= 0.6 is 27.3 Å². The number of nitrogen functional groups attached to an aromatic ring is 1. The molecule has 2 N–H and O–H groups in total. The smallest absolute Gasteiger partial charge is 0.272 e. The van der Waals surface area contributed by atoms with E-state index in [1.54, 1.807) is 35.4 Å². The molecule has 2 aromatic rings. The summed E-state index contributed by atoms with van der Waals surface area (Å²) in [6, 6.07) is 5.32. The standard InChI is InChI=1S/C12H12BrN3OS/c1-16(6-10-4-8(13)7-18-10)12(17)11-3-2-9(14)5-15-11/h2-5,7H,6,14H2,1H3. The molecule has 0 spiro atoms. The molecule has 0 fully saturated rings. The summed E-state index contributed by atoms with van der Waals surface area (Å²) in [5.74, 6) is -0.112. The lowest BCUT2D eigenvalue weighted by Crippen LogP contribution is -2.26. The molecule has 1 amide bonds. The van der Waals surface area contributed by atoms with Crippen molar-refractivity contribution in [1.29, 1.82) is 0 Å². The van der Waals surface area contributed by atoms with E-state index in [0.717, 1.165) is 9.35 Å². The van der Waals surface area contributed by atoms with E-state index < -0.39 is 0 Å². The van der Waals surface area contributed by atoms with Crippen molar-refractivity contribution in [1.82, 2.24) is 9.88 Å². The van der Waals surface area contributed by atoms with E-state index in [0.29, 0.717) is 17.9 Å². The Bertz CT molecular complexity index is 553. The summed E-state index contributed by atoms with van der Waals surface area (Å²) >= 11 is 5.00. The van der Waals surface area contributed by atoms with E-state index in [1.807, 2.05) is 11.4 Å². The first kappa shape index (κ1) is 13.0. The molecule has 0 unspecified atom stereocenters. The Hall–Kier alpha value is -1.40. The van der Waals surface area contributed by atoms with Crippen LogP contribution in [0.15, 0.2) is 34.2 Å². The average molecular weight is 326 g/mol. The molecule has 0 radical (unpaired) electrons. The van der Waals surface area contributed by atoms with Crippen molar-refractivity contribution >= 4 is 38.9 Å². The minimum atomic E-state index is -0.112. The molecule has 4 nitrogen and oxygen atoms in total. The fraction of sp³-hybridized carbons (Fsp3) is 0.167. The summed E-state index contributed by atoms with van der Waals surface area (Å²) < 4.78 is 1.04. The van der Waals surface area contributed by atoms with E-state index in [1.165, 1.54) is 6.20 Å². The number of aromatic nitrogens is 1. The van der Waals surface area contributed by atoms with E-state index >= 15 is 0 Å². The zero-order valence-corrected chi connectivity index (χ0v) is 12.2. The van der Waals surface area contributed by atoms with Gasteiger partial charge in [-0.15, -0.1) is 11.3 Å². The number of hydrogen-bond donors (Lipinski definition) is 1. The SMILES string of the molecule is CN(Cc1cc(Br)cs1)C(=O)c1ccc(N)cn1. The predicted octanol–water partition coefficient (Wildman–Crippen LogP) is 2.76. The second kappa shape index (κ2) is 5.49. The van der Waals surface area contributed by atoms with E-state index in [2.05, 4.69) is 20.9 Å². The summed E-state index contributed by atoms with van der Waals surface area (Å²) in [6.45, 7) is 0.571. The number of thiophene rings is 1. The zero-order chi connectivity index (χ0) is 13.1. The first-order valence-corrected chi connectivity index (χ1v) is 6.93. The van der Waals surface area contributed by atoms with Gasteiger partial charge in [-0.25, -0.2) is 4.98 Å². The summed E-state index contributed by atoms with van der Waals surface area (Å²) in [5, 5.41) is 2.00. The zero-order valence-electron chi connectivity index (χ0n) is 9.76. The molecule has 0 aliphatic heterocycles. The van der Waals surface area contributed by atoms with Crippen LogP contribution in [-0.2, 0) is 6.54 Å². The molecule has 0 saturated heterocycles. The lowest BCUT2D eigenvalue weighted by atomic mass is 10.3. The fourth-order valence-electron chi connectivity index (χ4n) is 1.47. The van der Waals surface area contributed by atoms with Gasteiger partial charge >= 0.3 is 0 Å². The monoisotopic (exact) mass is 325 g/mol. The summed E-state index contributed by atoms with van der Waals surface area (Å²) in [5.41, 5.74) is 6.50. The molecule has 0 aliphatic carbocycles. The molecular weight excluding hydrogens is 314 g/mol. The quantitative estimate of drug-likeness (QED) is 0.943. The summed E-state index contributed by atoms with van der Waals surface area (Å²) in [6.07, 6.45) is 1.49. The third-order valence-electron chi connectivity index (χ3n) is 2.37. The van der Waals surface area contributed by atoms with Crippen molar-refractivity contribution in [2.45, 2.75) is 6.54 Å². The van der Waals surface area contributed by atoms with Gasteiger partial charge in [0.2, 0.25) is 0 Å². The van der Waals surface area contributed by atoms with Crippen LogP contribution in [0, 0.1) is 0 Å². The second-order valence-corrected chi connectivity index (χ2v) is 5.78. The van der Waals surface area contributed by atoms with Gasteiger partial charge in [-0.2, -0.15) is 0 Å². The Kier molecular flexibility index (Phi) is 3.98. The molecule has 0 saturated carbocycles. The largest absolute Gasteiger partial charge is 0.397 e. The average Bonchev–Trinajstić information content (AvgIpc) is 2.75. The van der Waals surface area contributed by atoms with E-state index in [-0.39, 0.29) is 5.91 Å². The Balaban J connectivity index is 2.07. The van der Waals surface area contributed by atoms with Crippen LogP contribution in [0.3, 0.4) is 0 Å². The fourth-order valence-corrected chi connectivity index (χ4v) is 2.97. The maximum Gasteiger partial charge on any atom is 0.272 e. The number of carbonyl (C=O) groups excluding carboxylic acids is 1. The highest BCUT2D eigenvalue weighted by molar-refractivity contribution is 9.10. The maximum atomic E-state index is 12.1. The second-order valence-electron chi connectivity index (χ2n) is 3.87. The number of rotatable bonds is 3. The van der Waals surface area contributed by atoms with Crippen LogP contribution < -0.4 is 5.73 Å². The van der Waals surface area contributed by atoms with Gasteiger partial charge in [0.15, 0.2) is 0 Å². The first-order valence-electron chi connectivity index (χ1n) is 5.26. The van der Waals surface area contributed by atoms with Gasteiger partial charge in [-0.3, -0.25) is 4.79 Å². The molecule has 2 heterocycles. The maximum absolute atomic E-state index is 12.1. The van der Waals surface area contributed by atoms with Gasteiger partial charge in [-0.05, 0) is 34.1 Å². The van der Waals surface area contributed by atoms with Crippen LogP contribution in [0.2, 0.25) is 0 Å². The Morgan fingerprint density at radius 1 is 1.56 bits per heavy atom. The molecule has 0 bridgehead atoms. The van der Waals surface area contributed by atoms with Gasteiger partial charge in [0.1, 0.15) is 5.69 Å². The summed E-state index contributed by atoms with van der Waals surface area (Å²) in [7, 11) is 1.76. The van der Waals surface area contributed by atoms with Gasteiger partial charge < -0.3 is 10.6 Å². The molecule has 2 aromatic heterocycles. The molecular formula is C12H12BrN3OS. The molecule has 0 aromatic carbocycles. The number of amides is 1. The normalized spacial score (nSPS) is 10.3. The van der Waals surface area contributed by atoms with Crippen LogP contribution in [0.25, 0.3) is 0 Å². The van der Waals surface area contributed by atoms with E-state index in [4.69, 9.17) is 5.73 Å². The molecule has 18 heavy (non-hydrogen) atoms. The highest BCUT2D eigenvalue weighted by atomic mass is 79.9. The van der Waals surface area contributed by atoms with Crippen LogP contribution in [0.1, 0.15) is 15.4 Å². The van der Waals surface area contributed by atoms with Gasteiger partial charge in [-0.1, -0.05) is 0 Å². The molecule has 94 valence electrons. The van der Waals surface area contributed by atoms with Crippen molar-refractivity contribution in [2.24, 2.45) is 0 Å². The highest BCUT2D eigenvalue weighted by Crippen LogP contribution is 2.21. The molecule has 0 aliphatic rings. The van der Waals surface area contributed by atoms with Crippen molar-refractivity contribution < 1.29 is 4.79 Å². The lowest BCUT2D eigenvalue weighted by molar-refractivity contribution is 0.0780. The van der Waals surface area contributed by atoms with Crippen molar-refractivity contribution in [3.05, 3.63) is 44.8 Å².